The molecular weight excluding hydrogens is 410 g/mol. The summed E-state index contributed by atoms with van der Waals surface area (Å²) in [5.74, 6) is 0.303. The van der Waals surface area contributed by atoms with Gasteiger partial charge >= 0.3 is 5.97 Å². The number of fused-ring (bicyclic) bond motifs is 1. The summed E-state index contributed by atoms with van der Waals surface area (Å²) >= 11 is 6.23. The number of benzene rings is 2. The number of hydrogen-bond acceptors (Lipinski definition) is 6. The number of aryl methyl sites for hydroxylation is 1. The molecule has 3 aromatic rings. The van der Waals surface area contributed by atoms with Crippen molar-refractivity contribution >= 4 is 29.2 Å². The van der Waals surface area contributed by atoms with Crippen LogP contribution in [0.3, 0.4) is 0 Å². The van der Waals surface area contributed by atoms with Gasteiger partial charge in [0.05, 0.1) is 35.6 Å². The molecule has 1 aromatic heterocycles. The van der Waals surface area contributed by atoms with Crippen molar-refractivity contribution in [1.29, 1.82) is 0 Å². The molecule has 0 saturated heterocycles. The van der Waals surface area contributed by atoms with Crippen LogP contribution in [0.25, 0.3) is 0 Å². The van der Waals surface area contributed by atoms with Gasteiger partial charge in [-0.25, -0.2) is 4.79 Å². The first-order valence-corrected chi connectivity index (χ1v) is 9.59. The number of rotatable bonds is 4. The zero-order valence-electron chi connectivity index (χ0n) is 16.1. The van der Waals surface area contributed by atoms with E-state index >= 15 is 0 Å². The van der Waals surface area contributed by atoms with E-state index in [1.54, 1.807) is 48.3 Å². The minimum absolute atomic E-state index is 0.248. The summed E-state index contributed by atoms with van der Waals surface area (Å²) in [4.78, 5) is 24.7. The fraction of sp³-hybridized carbons (Fsp3) is 0.190. The van der Waals surface area contributed by atoms with E-state index in [0.29, 0.717) is 41.7 Å². The second-order valence-corrected chi connectivity index (χ2v) is 7.01. The summed E-state index contributed by atoms with van der Waals surface area (Å²) in [5.41, 5.74) is 1.25. The van der Waals surface area contributed by atoms with Crippen molar-refractivity contribution in [3.05, 3.63) is 64.9 Å². The second kappa shape index (κ2) is 8.46. The first kappa shape index (κ1) is 19.8. The first-order chi connectivity index (χ1) is 14.5. The van der Waals surface area contributed by atoms with Crippen LogP contribution in [0.1, 0.15) is 27.1 Å². The summed E-state index contributed by atoms with van der Waals surface area (Å²) in [6.45, 7) is 0.980. The number of carbonyl (C=O) groups excluding carboxylic acids is 2. The lowest BCUT2D eigenvalue weighted by Crippen LogP contribution is -2.11. The fourth-order valence-electron chi connectivity index (χ4n) is 2.86. The number of halogens is 1. The van der Waals surface area contributed by atoms with Gasteiger partial charge in [0.1, 0.15) is 5.75 Å². The number of ether oxygens (including phenoxy) is 3. The quantitative estimate of drug-likeness (QED) is 0.504. The zero-order valence-corrected chi connectivity index (χ0v) is 16.8. The Balaban J connectivity index is 1.43. The Hall–Kier alpha value is -3.52. The maximum absolute atomic E-state index is 12.5. The number of nitrogens with zero attached hydrogens (tertiary/aromatic N) is 2. The largest absolute Gasteiger partial charge is 0.489 e. The van der Waals surface area contributed by atoms with Crippen LogP contribution in [0.4, 0.5) is 5.69 Å². The number of carbonyl (C=O) groups is 2. The Morgan fingerprint density at radius 1 is 1.13 bits per heavy atom. The predicted molar refractivity (Wildman–Crippen MR) is 110 cm³/mol. The van der Waals surface area contributed by atoms with Gasteiger partial charge in [-0.3, -0.25) is 9.48 Å². The van der Waals surface area contributed by atoms with Crippen LogP contribution in [0.15, 0.2) is 48.8 Å². The van der Waals surface area contributed by atoms with E-state index < -0.39 is 5.97 Å². The number of nitrogens with one attached hydrogen (secondary N) is 1. The van der Waals surface area contributed by atoms with Gasteiger partial charge in [0.15, 0.2) is 11.5 Å². The zero-order chi connectivity index (χ0) is 21.1. The third kappa shape index (κ3) is 4.38. The van der Waals surface area contributed by atoms with E-state index in [1.165, 1.54) is 12.3 Å². The third-order valence-corrected chi connectivity index (χ3v) is 4.61. The molecule has 1 aliphatic heterocycles. The maximum atomic E-state index is 12.5. The third-order valence-electron chi connectivity index (χ3n) is 4.33. The molecule has 1 N–H and O–H groups in total. The summed E-state index contributed by atoms with van der Waals surface area (Å²) < 4.78 is 18.1. The molecule has 8 nitrogen and oxygen atoms in total. The molecule has 1 amide bonds. The van der Waals surface area contributed by atoms with Gasteiger partial charge in [-0.05, 0) is 36.4 Å². The number of amides is 1. The maximum Gasteiger partial charge on any atom is 0.343 e. The summed E-state index contributed by atoms with van der Waals surface area (Å²) in [6, 6.07) is 9.48. The lowest BCUT2D eigenvalue weighted by atomic mass is 10.2. The molecule has 0 bridgehead atoms. The first-order valence-electron chi connectivity index (χ1n) is 9.21. The highest BCUT2D eigenvalue weighted by atomic mass is 35.5. The van der Waals surface area contributed by atoms with E-state index in [2.05, 4.69) is 10.4 Å². The highest BCUT2D eigenvalue weighted by Gasteiger charge is 2.19. The molecule has 0 aliphatic carbocycles. The van der Waals surface area contributed by atoms with Gasteiger partial charge in [-0.15, -0.1) is 0 Å². The van der Waals surface area contributed by atoms with Crippen LogP contribution < -0.4 is 19.5 Å². The highest BCUT2D eigenvalue weighted by Crippen LogP contribution is 2.38. The lowest BCUT2D eigenvalue weighted by molar-refractivity contribution is 0.0734. The molecule has 0 radical (unpaired) electrons. The highest BCUT2D eigenvalue weighted by molar-refractivity contribution is 6.32. The van der Waals surface area contributed by atoms with Crippen LogP contribution in [-0.4, -0.2) is 34.9 Å². The smallest absolute Gasteiger partial charge is 0.343 e. The summed E-state index contributed by atoms with van der Waals surface area (Å²) in [5, 5.41) is 7.00. The van der Waals surface area contributed by atoms with E-state index in [0.717, 1.165) is 6.42 Å². The molecule has 154 valence electrons. The van der Waals surface area contributed by atoms with Crippen LogP contribution in [0.2, 0.25) is 5.02 Å². The van der Waals surface area contributed by atoms with E-state index in [-0.39, 0.29) is 16.5 Å². The van der Waals surface area contributed by atoms with Crippen molar-refractivity contribution in [3.8, 4) is 17.2 Å². The molecular formula is C21H18ClN3O5. The molecule has 2 aromatic carbocycles. The molecule has 0 saturated carbocycles. The van der Waals surface area contributed by atoms with Gasteiger partial charge in [-0.1, -0.05) is 11.6 Å². The number of anilines is 1. The molecule has 9 heteroatoms. The van der Waals surface area contributed by atoms with Gasteiger partial charge in [0, 0.05) is 25.4 Å². The molecule has 0 unspecified atom stereocenters. The van der Waals surface area contributed by atoms with Gasteiger partial charge < -0.3 is 19.5 Å². The molecule has 1 aliphatic rings. The molecule has 0 spiro atoms. The SMILES string of the molecule is Cn1cc(C(=O)Nc2ccc(OC(=O)c3cc(Cl)c4c(c3)OCCCO4)cc2)cn1. The van der Waals surface area contributed by atoms with Crippen molar-refractivity contribution in [2.75, 3.05) is 18.5 Å². The molecule has 0 fully saturated rings. The second-order valence-electron chi connectivity index (χ2n) is 6.61. The standard InChI is InChI=1S/C21H18ClN3O5/c1-25-12-14(11-23-25)20(26)24-15-3-5-16(6-4-15)30-21(27)13-9-17(22)19-18(10-13)28-7-2-8-29-19/h3-6,9-12H,2,7-8H2,1H3,(H,24,26). The Bertz CT molecular complexity index is 1090. The average Bonchev–Trinajstić information content (AvgIpc) is 3.02. The average molecular weight is 428 g/mol. The van der Waals surface area contributed by atoms with Crippen LogP contribution in [-0.2, 0) is 7.05 Å². The molecule has 0 atom stereocenters. The van der Waals surface area contributed by atoms with Crippen molar-refractivity contribution in [3.63, 3.8) is 0 Å². The van der Waals surface area contributed by atoms with E-state index in [9.17, 15) is 9.59 Å². The van der Waals surface area contributed by atoms with Crippen molar-refractivity contribution in [2.24, 2.45) is 7.05 Å². The topological polar surface area (TPSA) is 91.7 Å². The molecule has 2 heterocycles. The minimum atomic E-state index is -0.584. The minimum Gasteiger partial charge on any atom is -0.489 e. The number of esters is 1. The Morgan fingerprint density at radius 2 is 1.90 bits per heavy atom. The Kier molecular flexibility index (Phi) is 5.58. The van der Waals surface area contributed by atoms with Gasteiger partial charge in [0.25, 0.3) is 5.91 Å². The Labute approximate surface area is 177 Å². The molecule has 30 heavy (non-hydrogen) atoms. The van der Waals surface area contributed by atoms with Crippen molar-refractivity contribution in [2.45, 2.75) is 6.42 Å². The summed E-state index contributed by atoms with van der Waals surface area (Å²) in [6.07, 6.45) is 3.83. The van der Waals surface area contributed by atoms with Crippen LogP contribution >= 0.6 is 11.6 Å². The summed E-state index contributed by atoms with van der Waals surface area (Å²) in [7, 11) is 1.73. The van der Waals surface area contributed by atoms with Gasteiger partial charge in [0.2, 0.25) is 0 Å². The van der Waals surface area contributed by atoms with Crippen LogP contribution in [0.5, 0.6) is 17.2 Å². The van der Waals surface area contributed by atoms with E-state index in [1.807, 2.05) is 0 Å². The Morgan fingerprint density at radius 3 is 2.63 bits per heavy atom. The van der Waals surface area contributed by atoms with Crippen molar-refractivity contribution in [1.82, 2.24) is 9.78 Å². The number of hydrogen-bond donors (Lipinski definition) is 1. The molecule has 4 rings (SSSR count). The normalized spacial score (nSPS) is 12.7. The van der Waals surface area contributed by atoms with Crippen molar-refractivity contribution < 1.29 is 23.8 Å². The van der Waals surface area contributed by atoms with Gasteiger partial charge in [-0.2, -0.15) is 5.10 Å². The van der Waals surface area contributed by atoms with Crippen LogP contribution in [0, 0.1) is 0 Å². The monoisotopic (exact) mass is 427 g/mol. The number of aromatic nitrogens is 2. The fourth-order valence-corrected chi connectivity index (χ4v) is 3.13. The van der Waals surface area contributed by atoms with E-state index in [4.69, 9.17) is 25.8 Å². The lowest BCUT2D eigenvalue weighted by Gasteiger charge is -2.11. The predicted octanol–water partition coefficient (Wildman–Crippen LogP) is 3.71.